The van der Waals surface area contributed by atoms with Crippen LogP contribution in [-0.4, -0.2) is 61.1 Å². The summed E-state index contributed by atoms with van der Waals surface area (Å²) in [6.45, 7) is 9.68. The molecule has 2 fully saturated rings. The minimum Gasteiger partial charge on any atom is -0.466 e. The fourth-order valence-corrected chi connectivity index (χ4v) is 2.50. The normalized spacial score (nSPS) is 24.6. The van der Waals surface area contributed by atoms with E-state index in [4.69, 9.17) is 4.74 Å². The third-order valence-electron chi connectivity index (χ3n) is 3.69. The molecule has 1 aliphatic carbocycles. The fourth-order valence-electron chi connectivity index (χ4n) is 2.50. The quantitative estimate of drug-likeness (QED) is 0.670. The number of hydrogen-bond donors (Lipinski definition) is 0. The first-order valence-electron chi connectivity index (χ1n) is 6.83. The van der Waals surface area contributed by atoms with Gasteiger partial charge < -0.3 is 4.74 Å². The van der Waals surface area contributed by atoms with Crippen LogP contribution in [0.5, 0.6) is 0 Å². The van der Waals surface area contributed by atoms with Crippen molar-refractivity contribution in [3.8, 4) is 0 Å². The van der Waals surface area contributed by atoms with Gasteiger partial charge in [-0.25, -0.2) is 0 Å². The van der Waals surface area contributed by atoms with Crippen molar-refractivity contribution >= 4 is 5.97 Å². The highest BCUT2D eigenvalue weighted by Crippen LogP contribution is 2.27. The van der Waals surface area contributed by atoms with Crippen LogP contribution in [0.15, 0.2) is 0 Å². The Hall–Kier alpha value is -0.610. The summed E-state index contributed by atoms with van der Waals surface area (Å²) < 4.78 is 5.04. The molecule has 4 nitrogen and oxygen atoms in total. The number of carbonyl (C=O) groups excluding carboxylic acids is 1. The van der Waals surface area contributed by atoms with E-state index in [9.17, 15) is 4.79 Å². The molecule has 1 unspecified atom stereocenters. The average molecular weight is 240 g/mol. The third-order valence-corrected chi connectivity index (χ3v) is 3.69. The van der Waals surface area contributed by atoms with E-state index in [2.05, 4.69) is 9.80 Å². The van der Waals surface area contributed by atoms with Crippen molar-refractivity contribution in [1.82, 2.24) is 9.80 Å². The van der Waals surface area contributed by atoms with E-state index in [1.807, 2.05) is 13.8 Å². The van der Waals surface area contributed by atoms with Crippen LogP contribution in [0, 0.1) is 5.92 Å². The van der Waals surface area contributed by atoms with E-state index in [1.54, 1.807) is 0 Å². The van der Waals surface area contributed by atoms with Crippen molar-refractivity contribution in [2.75, 3.05) is 39.3 Å². The molecular formula is C13H24N2O2. The molecule has 0 bridgehead atoms. The number of nitrogens with zero attached hydrogens (tertiary/aromatic N) is 2. The number of carbonyl (C=O) groups is 1. The Labute approximate surface area is 104 Å². The lowest BCUT2D eigenvalue weighted by Gasteiger charge is -2.35. The van der Waals surface area contributed by atoms with Gasteiger partial charge in [-0.2, -0.15) is 0 Å². The maximum absolute atomic E-state index is 11.5. The zero-order chi connectivity index (χ0) is 12.3. The van der Waals surface area contributed by atoms with Crippen molar-refractivity contribution in [3.63, 3.8) is 0 Å². The second-order valence-electron chi connectivity index (χ2n) is 5.22. The number of ether oxygens (including phenoxy) is 1. The summed E-state index contributed by atoms with van der Waals surface area (Å²) in [7, 11) is 0. The number of hydrogen-bond acceptors (Lipinski definition) is 4. The minimum absolute atomic E-state index is 0.00225. The molecule has 17 heavy (non-hydrogen) atoms. The number of rotatable bonds is 5. The Morgan fingerprint density at radius 3 is 2.47 bits per heavy atom. The molecule has 1 aliphatic heterocycles. The molecule has 2 aliphatic rings. The molecule has 0 N–H and O–H groups in total. The topological polar surface area (TPSA) is 32.8 Å². The largest absolute Gasteiger partial charge is 0.466 e. The minimum atomic E-state index is -0.0582. The van der Waals surface area contributed by atoms with Gasteiger partial charge in [0.25, 0.3) is 0 Å². The predicted octanol–water partition coefficient (Wildman–Crippen LogP) is 0.966. The lowest BCUT2D eigenvalue weighted by molar-refractivity contribution is -0.148. The first kappa shape index (κ1) is 12.8. The zero-order valence-electron chi connectivity index (χ0n) is 11.0. The van der Waals surface area contributed by atoms with E-state index in [0.29, 0.717) is 6.61 Å². The predicted molar refractivity (Wildman–Crippen MR) is 66.8 cm³/mol. The maximum atomic E-state index is 11.5. The summed E-state index contributed by atoms with van der Waals surface area (Å²) in [6, 6.07) is 0.875. The Kier molecular flexibility index (Phi) is 4.40. The van der Waals surface area contributed by atoms with Crippen molar-refractivity contribution in [3.05, 3.63) is 0 Å². The molecule has 0 radical (unpaired) electrons. The lowest BCUT2D eigenvalue weighted by Crippen LogP contribution is -2.48. The summed E-state index contributed by atoms with van der Waals surface area (Å²) >= 11 is 0. The van der Waals surface area contributed by atoms with Crippen molar-refractivity contribution in [2.45, 2.75) is 32.7 Å². The molecule has 0 spiro atoms. The maximum Gasteiger partial charge on any atom is 0.309 e. The van der Waals surface area contributed by atoms with Gasteiger partial charge in [0, 0.05) is 38.8 Å². The monoisotopic (exact) mass is 240 g/mol. The van der Waals surface area contributed by atoms with Gasteiger partial charge in [0.15, 0.2) is 0 Å². The molecule has 0 aromatic rings. The van der Waals surface area contributed by atoms with Gasteiger partial charge >= 0.3 is 5.97 Å². The van der Waals surface area contributed by atoms with Crippen molar-refractivity contribution in [1.29, 1.82) is 0 Å². The van der Waals surface area contributed by atoms with Crippen LogP contribution >= 0.6 is 0 Å². The second kappa shape index (κ2) is 5.83. The van der Waals surface area contributed by atoms with E-state index in [-0.39, 0.29) is 11.9 Å². The van der Waals surface area contributed by atoms with Gasteiger partial charge in [0.2, 0.25) is 0 Å². The van der Waals surface area contributed by atoms with Crippen LogP contribution in [0.2, 0.25) is 0 Å². The van der Waals surface area contributed by atoms with Gasteiger partial charge in [-0.3, -0.25) is 14.6 Å². The van der Waals surface area contributed by atoms with Gasteiger partial charge in [0.05, 0.1) is 12.5 Å². The Balaban J connectivity index is 1.67. The SMILES string of the molecule is CCOC(=O)C(C)CN1CCN(C2CC2)CC1. The molecule has 1 saturated heterocycles. The molecule has 2 rings (SSSR count). The zero-order valence-corrected chi connectivity index (χ0v) is 11.0. The number of piperazine rings is 1. The van der Waals surface area contributed by atoms with Gasteiger partial charge in [0.1, 0.15) is 0 Å². The van der Waals surface area contributed by atoms with Gasteiger partial charge in [-0.05, 0) is 19.8 Å². The summed E-state index contributed by atoms with van der Waals surface area (Å²) in [5.74, 6) is -0.0560. The Bertz CT molecular complexity index is 258. The molecule has 1 heterocycles. The Morgan fingerprint density at radius 2 is 1.94 bits per heavy atom. The Morgan fingerprint density at radius 1 is 1.29 bits per heavy atom. The van der Waals surface area contributed by atoms with Gasteiger partial charge in [-0.1, -0.05) is 6.92 Å². The van der Waals surface area contributed by atoms with Crippen LogP contribution < -0.4 is 0 Å². The van der Waals surface area contributed by atoms with E-state index < -0.39 is 0 Å². The molecule has 1 saturated carbocycles. The van der Waals surface area contributed by atoms with E-state index >= 15 is 0 Å². The van der Waals surface area contributed by atoms with Crippen LogP contribution in [0.25, 0.3) is 0 Å². The second-order valence-corrected chi connectivity index (χ2v) is 5.22. The van der Waals surface area contributed by atoms with Crippen LogP contribution in [0.3, 0.4) is 0 Å². The summed E-state index contributed by atoms with van der Waals surface area (Å²) in [5.41, 5.74) is 0. The average Bonchev–Trinajstić information content (AvgIpc) is 3.14. The molecule has 98 valence electrons. The smallest absolute Gasteiger partial charge is 0.309 e. The number of esters is 1. The summed E-state index contributed by atoms with van der Waals surface area (Å²) in [4.78, 5) is 16.5. The van der Waals surface area contributed by atoms with E-state index in [0.717, 1.165) is 25.7 Å². The summed E-state index contributed by atoms with van der Waals surface area (Å²) in [5, 5.41) is 0. The molecule has 0 aromatic carbocycles. The van der Waals surface area contributed by atoms with Crippen molar-refractivity contribution in [2.24, 2.45) is 5.92 Å². The first-order chi connectivity index (χ1) is 8.20. The van der Waals surface area contributed by atoms with E-state index in [1.165, 1.54) is 25.9 Å². The van der Waals surface area contributed by atoms with Gasteiger partial charge in [-0.15, -0.1) is 0 Å². The summed E-state index contributed by atoms with van der Waals surface area (Å²) in [6.07, 6.45) is 2.78. The standard InChI is InChI=1S/C13H24N2O2/c1-3-17-13(16)11(2)10-14-6-8-15(9-7-14)12-4-5-12/h11-12H,3-10H2,1-2H3. The molecule has 0 aromatic heterocycles. The van der Waals surface area contributed by atoms with Crippen molar-refractivity contribution < 1.29 is 9.53 Å². The third kappa shape index (κ3) is 3.68. The highest BCUT2D eigenvalue weighted by molar-refractivity contribution is 5.72. The fraction of sp³-hybridized carbons (Fsp3) is 0.923. The molecular weight excluding hydrogens is 216 g/mol. The van der Waals surface area contributed by atoms with Crippen LogP contribution in [0.1, 0.15) is 26.7 Å². The lowest BCUT2D eigenvalue weighted by atomic mass is 10.1. The van der Waals surface area contributed by atoms with Crippen LogP contribution in [-0.2, 0) is 9.53 Å². The molecule has 0 amide bonds. The highest BCUT2D eigenvalue weighted by Gasteiger charge is 2.31. The van der Waals surface area contributed by atoms with Crippen LogP contribution in [0.4, 0.5) is 0 Å². The molecule has 1 atom stereocenters. The first-order valence-corrected chi connectivity index (χ1v) is 6.83. The molecule has 4 heteroatoms. The highest BCUT2D eigenvalue weighted by atomic mass is 16.5.